The fraction of sp³-hybridized carbons (Fsp3) is 0.833. The van der Waals surface area contributed by atoms with Gasteiger partial charge in [0.25, 0.3) is 5.91 Å². The van der Waals surface area contributed by atoms with Crippen molar-refractivity contribution < 1.29 is 9.53 Å². The van der Waals surface area contributed by atoms with Crippen LogP contribution in [0.4, 0.5) is 0 Å². The summed E-state index contributed by atoms with van der Waals surface area (Å²) < 4.78 is 5.86. The Morgan fingerprint density at radius 1 is 1.59 bits per heavy atom. The molecule has 1 saturated carbocycles. The first-order valence-corrected chi connectivity index (χ1v) is 7.41. The number of carbonyl (C=O) groups is 1. The Bertz CT molecular complexity index is 301. The van der Waals surface area contributed by atoms with Gasteiger partial charge in [0.15, 0.2) is 5.17 Å². The number of carbonyl (C=O) groups excluding carboxylic acids is 1. The van der Waals surface area contributed by atoms with Crippen molar-refractivity contribution in [2.45, 2.75) is 51.2 Å². The van der Waals surface area contributed by atoms with E-state index in [0.717, 1.165) is 36.7 Å². The number of amides is 1. The second kappa shape index (κ2) is 6.40. The molecule has 96 valence electrons. The van der Waals surface area contributed by atoms with Crippen LogP contribution in [0.5, 0.6) is 0 Å². The van der Waals surface area contributed by atoms with Crippen LogP contribution in [0.1, 0.15) is 39.0 Å². The Morgan fingerprint density at radius 2 is 2.35 bits per heavy atom. The van der Waals surface area contributed by atoms with E-state index >= 15 is 0 Å². The van der Waals surface area contributed by atoms with Gasteiger partial charge in [-0.05, 0) is 19.3 Å². The normalized spacial score (nSPS) is 22.5. The third-order valence-corrected chi connectivity index (χ3v) is 4.03. The van der Waals surface area contributed by atoms with E-state index < -0.39 is 0 Å². The summed E-state index contributed by atoms with van der Waals surface area (Å²) in [7, 11) is 0. The maximum Gasteiger partial charge on any atom is 0.255 e. The Kier molecular flexibility index (Phi) is 4.86. The van der Waals surface area contributed by atoms with Crippen molar-refractivity contribution in [3.8, 4) is 0 Å². The summed E-state index contributed by atoms with van der Waals surface area (Å²) in [6.07, 6.45) is 5.33. The van der Waals surface area contributed by atoms with Gasteiger partial charge in [-0.25, -0.2) is 0 Å². The average Bonchev–Trinajstić information content (AvgIpc) is 2.97. The van der Waals surface area contributed by atoms with E-state index in [1.807, 2.05) is 6.92 Å². The third-order valence-electron chi connectivity index (χ3n) is 3.14. The van der Waals surface area contributed by atoms with Gasteiger partial charge in [-0.3, -0.25) is 9.79 Å². The van der Waals surface area contributed by atoms with Crippen molar-refractivity contribution in [1.29, 1.82) is 0 Å². The number of thioether (sulfide) groups is 1. The fourth-order valence-electron chi connectivity index (χ4n) is 2.20. The largest absolute Gasteiger partial charge is 0.365 e. The van der Waals surface area contributed by atoms with Gasteiger partial charge in [0, 0.05) is 5.75 Å². The molecule has 1 aliphatic carbocycles. The number of hydrogen-bond acceptors (Lipinski definition) is 4. The van der Waals surface area contributed by atoms with Gasteiger partial charge in [-0.2, -0.15) is 0 Å². The Balaban J connectivity index is 1.81. The maximum atomic E-state index is 12.0. The predicted octanol–water partition coefficient (Wildman–Crippen LogP) is 1.94. The molecule has 0 bridgehead atoms. The number of nitrogens with one attached hydrogen (secondary N) is 1. The van der Waals surface area contributed by atoms with E-state index in [9.17, 15) is 4.79 Å². The van der Waals surface area contributed by atoms with Crippen molar-refractivity contribution in [2.75, 3.05) is 12.3 Å². The number of aliphatic imine (C=N–C) groups is 1. The van der Waals surface area contributed by atoms with Crippen molar-refractivity contribution in [1.82, 2.24) is 5.32 Å². The lowest BCUT2D eigenvalue weighted by Crippen LogP contribution is -2.39. The second-order valence-electron chi connectivity index (χ2n) is 4.46. The molecule has 1 heterocycles. The lowest BCUT2D eigenvalue weighted by Gasteiger charge is -2.20. The maximum absolute atomic E-state index is 12.0. The zero-order valence-electron chi connectivity index (χ0n) is 10.3. The molecule has 0 unspecified atom stereocenters. The lowest BCUT2D eigenvalue weighted by molar-refractivity contribution is -0.135. The SMILES string of the molecule is CC[C@H](OC1CCCC1)C(=O)NC1=NCCS1. The lowest BCUT2D eigenvalue weighted by atomic mass is 10.2. The highest BCUT2D eigenvalue weighted by molar-refractivity contribution is 8.14. The number of ether oxygens (including phenoxy) is 1. The van der Waals surface area contributed by atoms with Crippen LogP contribution in [0.2, 0.25) is 0 Å². The molecule has 2 aliphatic rings. The Morgan fingerprint density at radius 3 is 2.94 bits per heavy atom. The van der Waals surface area contributed by atoms with Crippen molar-refractivity contribution in [3.63, 3.8) is 0 Å². The van der Waals surface area contributed by atoms with Crippen LogP contribution in [-0.4, -0.2) is 35.6 Å². The van der Waals surface area contributed by atoms with Gasteiger partial charge in [-0.1, -0.05) is 31.5 Å². The molecule has 1 fully saturated rings. The molecule has 4 nitrogen and oxygen atoms in total. The number of hydrogen-bond donors (Lipinski definition) is 1. The summed E-state index contributed by atoms with van der Waals surface area (Å²) in [6.45, 7) is 2.79. The minimum Gasteiger partial charge on any atom is -0.365 e. The minimum atomic E-state index is -0.318. The van der Waals surface area contributed by atoms with Gasteiger partial charge < -0.3 is 10.1 Å². The van der Waals surface area contributed by atoms with Gasteiger partial charge >= 0.3 is 0 Å². The molecule has 0 aromatic heterocycles. The van der Waals surface area contributed by atoms with E-state index in [2.05, 4.69) is 10.3 Å². The summed E-state index contributed by atoms with van der Waals surface area (Å²) in [5, 5.41) is 3.61. The predicted molar refractivity (Wildman–Crippen MR) is 70.3 cm³/mol. The number of rotatable bonds is 4. The van der Waals surface area contributed by atoms with Crippen LogP contribution < -0.4 is 5.32 Å². The first-order valence-electron chi connectivity index (χ1n) is 6.43. The van der Waals surface area contributed by atoms with Gasteiger partial charge in [-0.15, -0.1) is 0 Å². The number of amidine groups is 1. The van der Waals surface area contributed by atoms with Crippen LogP contribution in [0, 0.1) is 0 Å². The van der Waals surface area contributed by atoms with Crippen LogP contribution >= 0.6 is 11.8 Å². The molecular formula is C12H20N2O2S. The van der Waals surface area contributed by atoms with Gasteiger partial charge in [0.1, 0.15) is 6.10 Å². The molecule has 1 N–H and O–H groups in total. The standard InChI is InChI=1S/C12H20N2O2S/c1-2-10(16-9-5-3-4-6-9)11(15)14-12-13-7-8-17-12/h9-10H,2-8H2,1H3,(H,13,14,15)/t10-/m0/s1. The van der Waals surface area contributed by atoms with Crippen LogP contribution in [0.3, 0.4) is 0 Å². The summed E-state index contributed by atoms with van der Waals surface area (Å²) in [5.41, 5.74) is 0. The van der Waals surface area contributed by atoms with E-state index in [1.54, 1.807) is 11.8 Å². The van der Waals surface area contributed by atoms with Crippen molar-refractivity contribution in [3.05, 3.63) is 0 Å². The van der Waals surface area contributed by atoms with Crippen LogP contribution in [0.25, 0.3) is 0 Å². The van der Waals surface area contributed by atoms with Crippen molar-refractivity contribution >= 4 is 22.8 Å². The molecule has 0 aromatic carbocycles. The highest BCUT2D eigenvalue weighted by Gasteiger charge is 2.25. The topological polar surface area (TPSA) is 50.7 Å². The second-order valence-corrected chi connectivity index (χ2v) is 5.55. The third kappa shape index (κ3) is 3.71. The molecule has 2 rings (SSSR count). The van der Waals surface area contributed by atoms with E-state index in [4.69, 9.17) is 4.74 Å². The van der Waals surface area contributed by atoms with Crippen molar-refractivity contribution in [2.24, 2.45) is 4.99 Å². The molecule has 1 aliphatic heterocycles. The molecule has 1 amide bonds. The zero-order chi connectivity index (χ0) is 12.1. The van der Waals surface area contributed by atoms with Crippen LogP contribution in [-0.2, 0) is 9.53 Å². The molecule has 0 aromatic rings. The highest BCUT2D eigenvalue weighted by atomic mass is 32.2. The Labute approximate surface area is 107 Å². The summed E-state index contributed by atoms with van der Waals surface area (Å²) in [6, 6.07) is 0. The summed E-state index contributed by atoms with van der Waals surface area (Å²) >= 11 is 1.60. The first kappa shape index (κ1) is 12.9. The monoisotopic (exact) mass is 256 g/mol. The molecule has 1 atom stereocenters. The fourth-order valence-corrected chi connectivity index (χ4v) is 2.93. The molecule has 0 saturated heterocycles. The Hall–Kier alpha value is -0.550. The quantitative estimate of drug-likeness (QED) is 0.836. The molecular weight excluding hydrogens is 236 g/mol. The molecule has 17 heavy (non-hydrogen) atoms. The zero-order valence-corrected chi connectivity index (χ0v) is 11.1. The smallest absolute Gasteiger partial charge is 0.255 e. The highest BCUT2D eigenvalue weighted by Crippen LogP contribution is 2.23. The molecule has 0 radical (unpaired) electrons. The molecule has 5 heteroatoms. The van der Waals surface area contributed by atoms with Crippen LogP contribution in [0.15, 0.2) is 4.99 Å². The van der Waals surface area contributed by atoms with E-state index in [1.165, 1.54) is 12.8 Å². The van der Waals surface area contributed by atoms with E-state index in [-0.39, 0.29) is 18.1 Å². The summed E-state index contributed by atoms with van der Waals surface area (Å²) in [5.74, 6) is 0.933. The van der Waals surface area contributed by atoms with E-state index in [0.29, 0.717) is 0 Å². The average molecular weight is 256 g/mol. The minimum absolute atomic E-state index is 0.0347. The molecule has 0 spiro atoms. The summed E-state index contributed by atoms with van der Waals surface area (Å²) in [4.78, 5) is 16.2. The van der Waals surface area contributed by atoms with Gasteiger partial charge in [0.2, 0.25) is 0 Å². The first-order chi connectivity index (χ1) is 8.29. The van der Waals surface area contributed by atoms with Gasteiger partial charge in [0.05, 0.1) is 12.6 Å². The number of nitrogens with zero attached hydrogens (tertiary/aromatic N) is 1.